The number of rotatable bonds is 5. The maximum atomic E-state index is 12.6. The first kappa shape index (κ1) is 22.3. The van der Waals surface area contributed by atoms with Crippen LogP contribution in [0, 0.1) is 5.92 Å². The molecule has 0 unspecified atom stereocenters. The molecule has 28 heavy (non-hydrogen) atoms. The molecular weight excluding hydrogens is 360 g/mol. The fourth-order valence-corrected chi connectivity index (χ4v) is 4.04. The number of hydrogen-bond donors (Lipinski definition) is 0. The van der Waals surface area contributed by atoms with Crippen molar-refractivity contribution in [3.05, 3.63) is 23.3 Å². The highest BCUT2D eigenvalue weighted by molar-refractivity contribution is 5.94. The summed E-state index contributed by atoms with van der Waals surface area (Å²) in [7, 11) is 0. The van der Waals surface area contributed by atoms with Crippen LogP contribution in [-0.4, -0.2) is 41.6 Å². The molecule has 0 radical (unpaired) electrons. The lowest BCUT2D eigenvalue weighted by molar-refractivity contribution is -0.257. The van der Waals surface area contributed by atoms with Crippen molar-refractivity contribution < 1.29 is 28.6 Å². The third kappa shape index (κ3) is 4.90. The molecule has 1 aliphatic carbocycles. The zero-order valence-electron chi connectivity index (χ0n) is 17.8. The Kier molecular flexibility index (Phi) is 6.86. The molecule has 0 amide bonds. The molecule has 0 bridgehead atoms. The Morgan fingerprint density at radius 3 is 2.54 bits per heavy atom. The number of carbonyl (C=O) groups excluding carboxylic acids is 3. The van der Waals surface area contributed by atoms with E-state index in [2.05, 4.69) is 0 Å². The van der Waals surface area contributed by atoms with Gasteiger partial charge in [0.15, 0.2) is 5.78 Å². The molecule has 1 aliphatic heterocycles. The third-order valence-electron chi connectivity index (χ3n) is 5.91. The minimum Gasteiger partial charge on any atom is -0.463 e. The van der Waals surface area contributed by atoms with Crippen LogP contribution in [-0.2, 0) is 28.6 Å². The molecule has 4 atom stereocenters. The molecule has 0 spiro atoms. The van der Waals surface area contributed by atoms with Gasteiger partial charge in [-0.25, -0.2) is 4.79 Å². The smallest absolute Gasteiger partial charge is 0.333 e. The Bertz CT molecular complexity index is 706. The second-order valence-electron chi connectivity index (χ2n) is 8.40. The molecule has 1 heterocycles. The number of allylic oxidation sites excluding steroid dienone is 3. The molecule has 1 saturated heterocycles. The Morgan fingerprint density at radius 1 is 1.29 bits per heavy atom. The fraction of sp³-hybridized carbons (Fsp3) is 0.682. The highest BCUT2D eigenvalue weighted by Gasteiger charge is 2.53. The first-order chi connectivity index (χ1) is 13.0. The van der Waals surface area contributed by atoms with Crippen LogP contribution in [0.5, 0.6) is 0 Å². The first-order valence-electron chi connectivity index (χ1n) is 9.89. The van der Waals surface area contributed by atoms with Gasteiger partial charge in [-0.2, -0.15) is 0 Å². The summed E-state index contributed by atoms with van der Waals surface area (Å²) in [6.45, 7) is 10.4. The van der Waals surface area contributed by atoms with Gasteiger partial charge in [0.2, 0.25) is 0 Å². The molecule has 0 aromatic heterocycles. The largest absolute Gasteiger partial charge is 0.463 e. The van der Waals surface area contributed by atoms with E-state index >= 15 is 0 Å². The van der Waals surface area contributed by atoms with Crippen LogP contribution < -0.4 is 0 Å². The Morgan fingerprint density at radius 2 is 1.96 bits per heavy atom. The maximum absolute atomic E-state index is 12.6. The Balaban J connectivity index is 2.26. The van der Waals surface area contributed by atoms with Crippen LogP contribution >= 0.6 is 0 Å². The molecule has 0 saturated carbocycles. The van der Waals surface area contributed by atoms with Gasteiger partial charge in [0, 0.05) is 12.5 Å². The lowest BCUT2D eigenvalue weighted by atomic mass is 9.72. The normalized spacial score (nSPS) is 33.9. The fourth-order valence-electron chi connectivity index (χ4n) is 4.04. The van der Waals surface area contributed by atoms with E-state index in [1.807, 2.05) is 13.8 Å². The molecule has 2 aliphatic rings. The van der Waals surface area contributed by atoms with Crippen molar-refractivity contribution in [3.8, 4) is 0 Å². The SMILES string of the molecule is C/C=C(\C)C(=O)O[C@H]1CC[C@@](C)([C@H]2CCC(C)=CC2=O)O[C@@]1(C)COC(C)=O. The summed E-state index contributed by atoms with van der Waals surface area (Å²) in [4.78, 5) is 36.3. The van der Waals surface area contributed by atoms with Crippen molar-refractivity contribution in [1.82, 2.24) is 0 Å². The van der Waals surface area contributed by atoms with Crippen molar-refractivity contribution in [2.45, 2.75) is 84.5 Å². The van der Waals surface area contributed by atoms with Crippen LogP contribution in [0.15, 0.2) is 23.3 Å². The minimum atomic E-state index is -1.03. The topological polar surface area (TPSA) is 78.9 Å². The highest BCUT2D eigenvalue weighted by Crippen LogP contribution is 2.44. The van der Waals surface area contributed by atoms with E-state index < -0.39 is 29.2 Å². The summed E-state index contributed by atoms with van der Waals surface area (Å²) in [6, 6.07) is 0. The predicted molar refractivity (Wildman–Crippen MR) is 105 cm³/mol. The van der Waals surface area contributed by atoms with E-state index in [0.717, 1.165) is 18.4 Å². The number of esters is 2. The summed E-state index contributed by atoms with van der Waals surface area (Å²) in [5, 5.41) is 0. The van der Waals surface area contributed by atoms with Gasteiger partial charge in [0.05, 0.1) is 11.5 Å². The average molecular weight is 392 g/mol. The van der Waals surface area contributed by atoms with Crippen LogP contribution in [0.4, 0.5) is 0 Å². The van der Waals surface area contributed by atoms with Gasteiger partial charge in [-0.15, -0.1) is 0 Å². The zero-order valence-corrected chi connectivity index (χ0v) is 17.8. The monoisotopic (exact) mass is 392 g/mol. The number of ketones is 1. The van der Waals surface area contributed by atoms with Crippen LogP contribution in [0.3, 0.4) is 0 Å². The van der Waals surface area contributed by atoms with E-state index in [-0.39, 0.29) is 18.3 Å². The first-order valence-corrected chi connectivity index (χ1v) is 9.89. The van der Waals surface area contributed by atoms with Gasteiger partial charge in [-0.05, 0) is 66.4 Å². The molecule has 2 rings (SSSR count). The van der Waals surface area contributed by atoms with Crippen molar-refractivity contribution in [2.75, 3.05) is 6.61 Å². The summed E-state index contributed by atoms with van der Waals surface area (Å²) >= 11 is 0. The second kappa shape index (κ2) is 8.60. The molecule has 0 aromatic rings. The van der Waals surface area contributed by atoms with E-state index in [1.54, 1.807) is 32.9 Å². The molecule has 1 fully saturated rings. The lowest BCUT2D eigenvalue weighted by Gasteiger charge is -2.51. The third-order valence-corrected chi connectivity index (χ3v) is 5.91. The molecule has 0 N–H and O–H groups in total. The van der Waals surface area contributed by atoms with Gasteiger partial charge in [0.1, 0.15) is 18.3 Å². The standard InChI is InChI=1S/C22H32O6/c1-7-15(3)20(25)27-19-10-11-21(5,17-9-8-14(2)12-18(17)24)28-22(19,6)13-26-16(4)23/h7,12,17,19H,8-11,13H2,1-6H3/b15-7+/t17-,19-,21-,22-/m0/s1. The van der Waals surface area contributed by atoms with Crippen molar-refractivity contribution >= 4 is 17.7 Å². The van der Waals surface area contributed by atoms with Crippen LogP contribution in [0.25, 0.3) is 0 Å². The van der Waals surface area contributed by atoms with Gasteiger partial charge in [-0.1, -0.05) is 11.6 Å². The van der Waals surface area contributed by atoms with E-state index in [4.69, 9.17) is 14.2 Å². The average Bonchev–Trinajstić information content (AvgIpc) is 2.61. The zero-order chi connectivity index (χ0) is 21.1. The number of carbonyl (C=O) groups is 3. The predicted octanol–water partition coefficient (Wildman–Crippen LogP) is 3.68. The summed E-state index contributed by atoms with van der Waals surface area (Å²) in [5.41, 5.74) is -0.149. The minimum absolute atomic E-state index is 0.0411. The number of ether oxygens (including phenoxy) is 3. The Labute approximate surface area is 167 Å². The van der Waals surface area contributed by atoms with Crippen LogP contribution in [0.1, 0.15) is 67.2 Å². The van der Waals surface area contributed by atoms with Gasteiger partial charge in [-0.3, -0.25) is 9.59 Å². The molecule has 6 nitrogen and oxygen atoms in total. The second-order valence-corrected chi connectivity index (χ2v) is 8.40. The highest BCUT2D eigenvalue weighted by atomic mass is 16.6. The van der Waals surface area contributed by atoms with Gasteiger partial charge >= 0.3 is 11.9 Å². The van der Waals surface area contributed by atoms with Crippen LogP contribution in [0.2, 0.25) is 0 Å². The summed E-state index contributed by atoms with van der Waals surface area (Å²) in [5.74, 6) is -1.04. The van der Waals surface area contributed by atoms with E-state index in [0.29, 0.717) is 18.4 Å². The summed E-state index contributed by atoms with van der Waals surface area (Å²) < 4.78 is 17.4. The lowest BCUT2D eigenvalue weighted by Crippen LogP contribution is -2.60. The Hall–Kier alpha value is -1.95. The van der Waals surface area contributed by atoms with Crippen molar-refractivity contribution in [3.63, 3.8) is 0 Å². The maximum Gasteiger partial charge on any atom is 0.333 e. The van der Waals surface area contributed by atoms with E-state index in [1.165, 1.54) is 6.92 Å². The molecule has 156 valence electrons. The summed E-state index contributed by atoms with van der Waals surface area (Å²) in [6.07, 6.45) is 5.52. The van der Waals surface area contributed by atoms with Gasteiger partial charge < -0.3 is 14.2 Å². The van der Waals surface area contributed by atoms with Gasteiger partial charge in [0.25, 0.3) is 0 Å². The van der Waals surface area contributed by atoms with Crippen molar-refractivity contribution in [1.29, 1.82) is 0 Å². The quantitative estimate of drug-likeness (QED) is 0.525. The van der Waals surface area contributed by atoms with E-state index in [9.17, 15) is 14.4 Å². The molecular formula is C22H32O6. The molecule has 0 aromatic carbocycles. The van der Waals surface area contributed by atoms with Crippen molar-refractivity contribution in [2.24, 2.45) is 5.92 Å². The number of hydrogen-bond acceptors (Lipinski definition) is 6. The molecule has 6 heteroatoms.